The van der Waals surface area contributed by atoms with Crippen LogP contribution in [0.1, 0.15) is 6.42 Å². The molecule has 15 heavy (non-hydrogen) atoms. The second-order valence-corrected chi connectivity index (χ2v) is 4.65. The lowest BCUT2D eigenvalue weighted by Gasteiger charge is -2.20. The number of fused-ring (bicyclic) bond motifs is 1. The lowest BCUT2D eigenvalue weighted by atomic mass is 10.3. The number of carbonyl (C=O) groups excluding carboxylic acids is 1. The molecule has 1 heterocycles. The molecule has 1 aliphatic rings. The van der Waals surface area contributed by atoms with Crippen LogP contribution in [0, 0.1) is 0 Å². The SMILES string of the molecule is COC(=O)CC1Sc2ccccc2N1C. The molecule has 0 spiro atoms. The van der Waals surface area contributed by atoms with Crippen molar-refractivity contribution in [1.29, 1.82) is 0 Å². The van der Waals surface area contributed by atoms with Gasteiger partial charge in [0.15, 0.2) is 0 Å². The van der Waals surface area contributed by atoms with Gasteiger partial charge in [-0.3, -0.25) is 4.79 Å². The summed E-state index contributed by atoms with van der Waals surface area (Å²) in [7, 11) is 3.43. The van der Waals surface area contributed by atoms with Crippen molar-refractivity contribution in [3.8, 4) is 0 Å². The highest BCUT2D eigenvalue weighted by molar-refractivity contribution is 8.00. The fourth-order valence-electron chi connectivity index (χ4n) is 1.63. The van der Waals surface area contributed by atoms with Gasteiger partial charge in [-0.1, -0.05) is 23.9 Å². The first-order valence-corrected chi connectivity index (χ1v) is 5.65. The van der Waals surface area contributed by atoms with Crippen molar-refractivity contribution in [1.82, 2.24) is 0 Å². The summed E-state index contributed by atoms with van der Waals surface area (Å²) < 4.78 is 4.68. The Kier molecular flexibility index (Phi) is 2.86. The van der Waals surface area contributed by atoms with Gasteiger partial charge in [-0.05, 0) is 12.1 Å². The number of rotatable bonds is 2. The van der Waals surface area contributed by atoms with Crippen LogP contribution in [0.15, 0.2) is 29.2 Å². The maximum absolute atomic E-state index is 11.2. The molecule has 4 heteroatoms. The highest BCUT2D eigenvalue weighted by atomic mass is 32.2. The van der Waals surface area contributed by atoms with Crippen LogP contribution < -0.4 is 4.90 Å². The zero-order chi connectivity index (χ0) is 10.8. The lowest BCUT2D eigenvalue weighted by molar-refractivity contribution is -0.140. The maximum Gasteiger partial charge on any atom is 0.308 e. The summed E-state index contributed by atoms with van der Waals surface area (Å²) >= 11 is 1.71. The summed E-state index contributed by atoms with van der Waals surface area (Å²) in [5.41, 5.74) is 1.19. The smallest absolute Gasteiger partial charge is 0.308 e. The highest BCUT2D eigenvalue weighted by Gasteiger charge is 2.28. The fraction of sp³-hybridized carbons (Fsp3) is 0.364. The van der Waals surface area contributed by atoms with E-state index < -0.39 is 0 Å². The number of hydrogen-bond donors (Lipinski definition) is 0. The molecule has 3 nitrogen and oxygen atoms in total. The molecule has 1 aliphatic heterocycles. The van der Waals surface area contributed by atoms with Gasteiger partial charge in [-0.25, -0.2) is 0 Å². The Morgan fingerprint density at radius 1 is 1.53 bits per heavy atom. The predicted molar refractivity (Wildman–Crippen MR) is 61.1 cm³/mol. The van der Waals surface area contributed by atoms with Crippen LogP contribution in [0.3, 0.4) is 0 Å². The quantitative estimate of drug-likeness (QED) is 0.718. The van der Waals surface area contributed by atoms with E-state index in [1.165, 1.54) is 17.7 Å². The van der Waals surface area contributed by atoms with Crippen molar-refractivity contribution in [3.63, 3.8) is 0 Å². The molecule has 2 rings (SSSR count). The Labute approximate surface area is 93.4 Å². The third kappa shape index (κ3) is 1.95. The van der Waals surface area contributed by atoms with E-state index in [0.717, 1.165) is 0 Å². The van der Waals surface area contributed by atoms with Gasteiger partial charge in [-0.2, -0.15) is 0 Å². The van der Waals surface area contributed by atoms with Crippen LogP contribution in [-0.2, 0) is 9.53 Å². The van der Waals surface area contributed by atoms with Crippen LogP contribution in [0.4, 0.5) is 5.69 Å². The zero-order valence-electron chi connectivity index (χ0n) is 8.77. The fourth-order valence-corrected chi connectivity index (χ4v) is 2.91. The van der Waals surface area contributed by atoms with Gasteiger partial charge in [0.1, 0.15) is 0 Å². The minimum atomic E-state index is -0.160. The van der Waals surface area contributed by atoms with Crippen LogP contribution >= 0.6 is 11.8 Å². The van der Waals surface area contributed by atoms with E-state index in [-0.39, 0.29) is 11.3 Å². The maximum atomic E-state index is 11.2. The molecule has 1 unspecified atom stereocenters. The molecule has 1 atom stereocenters. The van der Waals surface area contributed by atoms with E-state index in [4.69, 9.17) is 0 Å². The molecule has 0 N–H and O–H groups in total. The molecule has 0 aliphatic carbocycles. The third-order valence-electron chi connectivity index (χ3n) is 2.51. The molecule has 0 fully saturated rings. The summed E-state index contributed by atoms with van der Waals surface area (Å²) in [6.07, 6.45) is 0.423. The Morgan fingerprint density at radius 3 is 2.93 bits per heavy atom. The molecule has 1 aromatic rings. The normalized spacial score (nSPS) is 18.8. The van der Waals surface area contributed by atoms with Crippen molar-refractivity contribution < 1.29 is 9.53 Å². The van der Waals surface area contributed by atoms with Crippen molar-refractivity contribution in [2.75, 3.05) is 19.1 Å². The number of thioether (sulfide) groups is 1. The predicted octanol–water partition coefficient (Wildman–Crippen LogP) is 2.12. The summed E-state index contributed by atoms with van der Waals surface area (Å²) in [4.78, 5) is 14.6. The largest absolute Gasteiger partial charge is 0.469 e. The van der Waals surface area contributed by atoms with Crippen molar-refractivity contribution in [3.05, 3.63) is 24.3 Å². The minimum Gasteiger partial charge on any atom is -0.469 e. The number of nitrogens with zero attached hydrogens (tertiary/aromatic N) is 1. The number of carbonyl (C=O) groups is 1. The minimum absolute atomic E-state index is 0.160. The van der Waals surface area contributed by atoms with Crippen molar-refractivity contribution in [2.45, 2.75) is 16.7 Å². The van der Waals surface area contributed by atoms with Gasteiger partial charge in [0.05, 0.1) is 24.6 Å². The Hall–Kier alpha value is -1.16. The average Bonchev–Trinajstić information content (AvgIpc) is 2.57. The van der Waals surface area contributed by atoms with E-state index in [9.17, 15) is 4.79 Å². The number of benzene rings is 1. The molecule has 0 saturated heterocycles. The standard InChI is InChI=1S/C11H13NO2S/c1-12-8-5-3-4-6-9(8)15-10(12)7-11(13)14-2/h3-6,10H,7H2,1-2H3. The zero-order valence-corrected chi connectivity index (χ0v) is 9.58. The van der Waals surface area contributed by atoms with Crippen LogP contribution in [-0.4, -0.2) is 25.5 Å². The monoisotopic (exact) mass is 223 g/mol. The van der Waals surface area contributed by atoms with Gasteiger partial charge in [0.2, 0.25) is 0 Å². The molecule has 1 aromatic carbocycles. The van der Waals surface area contributed by atoms with Gasteiger partial charge < -0.3 is 9.64 Å². The molecule has 80 valence electrons. The third-order valence-corrected chi connectivity index (χ3v) is 3.86. The molecule has 0 bridgehead atoms. The van der Waals surface area contributed by atoms with E-state index in [1.807, 2.05) is 19.2 Å². The second kappa shape index (κ2) is 4.14. The number of methoxy groups -OCH3 is 1. The number of anilines is 1. The molecular weight excluding hydrogens is 210 g/mol. The van der Waals surface area contributed by atoms with E-state index in [0.29, 0.717) is 6.42 Å². The van der Waals surface area contributed by atoms with Gasteiger partial charge in [0.25, 0.3) is 0 Å². The second-order valence-electron chi connectivity index (χ2n) is 3.43. The van der Waals surface area contributed by atoms with Crippen molar-refractivity contribution in [2.24, 2.45) is 0 Å². The molecular formula is C11H13NO2S. The Balaban J connectivity index is 2.13. The van der Waals surface area contributed by atoms with E-state index in [1.54, 1.807) is 11.8 Å². The number of para-hydroxylation sites is 1. The van der Waals surface area contributed by atoms with Crippen LogP contribution in [0.25, 0.3) is 0 Å². The first kappa shape index (κ1) is 10.4. The molecule has 0 saturated carbocycles. The summed E-state index contributed by atoms with van der Waals surface area (Å²) in [6.45, 7) is 0. The van der Waals surface area contributed by atoms with Gasteiger partial charge >= 0.3 is 5.97 Å². The summed E-state index contributed by atoms with van der Waals surface area (Å²) in [5, 5.41) is 0.162. The number of esters is 1. The van der Waals surface area contributed by atoms with Crippen molar-refractivity contribution >= 4 is 23.4 Å². The Bertz CT molecular complexity index is 381. The first-order valence-electron chi connectivity index (χ1n) is 4.77. The molecule has 0 aromatic heterocycles. The van der Waals surface area contributed by atoms with Crippen LogP contribution in [0.5, 0.6) is 0 Å². The van der Waals surface area contributed by atoms with E-state index >= 15 is 0 Å². The first-order chi connectivity index (χ1) is 7.22. The highest BCUT2D eigenvalue weighted by Crippen LogP contribution is 2.43. The van der Waals surface area contributed by atoms with Crippen LogP contribution in [0.2, 0.25) is 0 Å². The number of hydrogen-bond acceptors (Lipinski definition) is 4. The Morgan fingerprint density at radius 2 is 2.27 bits per heavy atom. The average molecular weight is 223 g/mol. The summed E-state index contributed by atoms with van der Waals surface area (Å²) in [6, 6.07) is 8.17. The molecule has 0 amide bonds. The number of ether oxygens (including phenoxy) is 1. The van der Waals surface area contributed by atoms with Gasteiger partial charge in [-0.15, -0.1) is 0 Å². The van der Waals surface area contributed by atoms with E-state index in [2.05, 4.69) is 21.8 Å². The lowest BCUT2D eigenvalue weighted by Crippen LogP contribution is -2.27. The van der Waals surface area contributed by atoms with Gasteiger partial charge in [0, 0.05) is 11.9 Å². The molecule has 0 radical (unpaired) electrons. The topological polar surface area (TPSA) is 29.5 Å². The summed E-state index contributed by atoms with van der Waals surface area (Å²) in [5.74, 6) is -0.160.